The topological polar surface area (TPSA) is 185 Å². The Morgan fingerprint density at radius 3 is 0.779 bits per heavy atom. The van der Waals surface area contributed by atoms with Crippen molar-refractivity contribution in [3.63, 3.8) is 0 Å². The standard InChI is InChI=1S/C59H84B2O16.C12H24B2O4/c1-55(2)56(3,4)75-60(74-55)45-13-15-51-52-16-14-46(61-76-57(5,6)58(7,8)77-61)38-54(52)59(53(51)37-45,41-43-33-47(70-29-25-66-21-17-62-9)39-48(34-43)71-30-26-67-22-18-63-10)42-44-35-49(72-31-27-68-23-19-64-11)40-50(36-44)73-32-28-69-24-20-65-12;1-9(2)10(3,4)16-13(15-9)14-17-11(5,6)12(7,8)18-14/h13-16,33-40H,17-32,41-42H2,1-12H3;1-8H3. The highest BCUT2D eigenvalue weighted by molar-refractivity contribution is 7.11. The summed E-state index contributed by atoms with van der Waals surface area (Å²) in [7, 11) is 4.44. The molecule has 0 N–H and O–H groups in total. The monoisotopic (exact) mass is 1320 g/mol. The largest absolute Gasteiger partial charge is 0.494 e. The molecule has 0 atom stereocenters. The van der Waals surface area contributed by atoms with E-state index in [-0.39, 0.29) is 22.4 Å². The zero-order chi connectivity index (χ0) is 69.1. The van der Waals surface area contributed by atoms with Crippen molar-refractivity contribution >= 4 is 39.2 Å². The summed E-state index contributed by atoms with van der Waals surface area (Å²) in [6, 6.07) is 25.5. The summed E-state index contributed by atoms with van der Waals surface area (Å²) < 4.78 is 121. The summed E-state index contributed by atoms with van der Waals surface area (Å²) >= 11 is 0. The molecule has 0 unspecified atom stereocenters. The highest BCUT2D eigenvalue weighted by Gasteiger charge is 2.64. The molecule has 24 heteroatoms. The van der Waals surface area contributed by atoms with Crippen LogP contribution < -0.4 is 29.9 Å². The molecule has 1 aliphatic carbocycles. The van der Waals surface area contributed by atoms with E-state index in [2.05, 4.69) is 116 Å². The molecule has 9 rings (SSSR count). The SMILES string of the molecule is CC1(C)OB(B2OC(C)(C)C(C)(C)O2)OC1(C)C.COCCOCCOc1cc(CC2(Cc3cc(OCCOCCOC)cc(OCCOCCOC)c3)c3cc(B4OC(C)(C)C(C)(C)O4)ccc3-c3ccc(B4OC(C)(C)C(C)(C)O4)cc32)cc(OCCOCCOC)c1. The van der Waals surface area contributed by atoms with E-state index in [9.17, 15) is 0 Å². The predicted molar refractivity (Wildman–Crippen MR) is 369 cm³/mol. The van der Waals surface area contributed by atoms with Gasteiger partial charge < -0.3 is 94.1 Å². The first-order valence-electron chi connectivity index (χ1n) is 33.6. The van der Waals surface area contributed by atoms with Gasteiger partial charge in [0, 0.05) is 46.0 Å². The molecule has 0 radical (unpaired) electrons. The molecule has 4 aliphatic heterocycles. The second kappa shape index (κ2) is 32.4. The van der Waals surface area contributed by atoms with Crippen molar-refractivity contribution in [1.82, 2.24) is 0 Å². The van der Waals surface area contributed by atoms with Crippen LogP contribution in [0.2, 0.25) is 0 Å². The zero-order valence-electron chi connectivity index (χ0n) is 60.6. The lowest BCUT2D eigenvalue weighted by Gasteiger charge is -2.34. The van der Waals surface area contributed by atoms with Crippen molar-refractivity contribution in [2.24, 2.45) is 0 Å². The molecule has 524 valence electrons. The van der Waals surface area contributed by atoms with Crippen molar-refractivity contribution < 1.29 is 94.1 Å². The Bertz CT molecular complexity index is 2760. The van der Waals surface area contributed by atoms with Gasteiger partial charge in [0.05, 0.1) is 124 Å². The summed E-state index contributed by atoms with van der Waals surface area (Å²) in [6.07, 6.45) is 0.994. The molecule has 0 amide bonds. The fourth-order valence-electron chi connectivity index (χ4n) is 11.6. The molecule has 4 aromatic carbocycles. The third kappa shape index (κ3) is 18.8. The minimum atomic E-state index is -0.783. The van der Waals surface area contributed by atoms with Crippen LogP contribution in [0.4, 0.5) is 0 Å². The molecule has 95 heavy (non-hydrogen) atoms. The van der Waals surface area contributed by atoms with Gasteiger partial charge in [-0.15, -0.1) is 0 Å². The van der Waals surface area contributed by atoms with Gasteiger partial charge in [-0.3, -0.25) is 0 Å². The lowest BCUT2D eigenvalue weighted by Crippen LogP contribution is -2.41. The Morgan fingerprint density at radius 1 is 0.284 bits per heavy atom. The minimum absolute atomic E-state index is 0.322. The predicted octanol–water partition coefficient (Wildman–Crippen LogP) is 9.45. The molecule has 0 spiro atoms. The summed E-state index contributed by atoms with van der Waals surface area (Å²) in [4.78, 5) is 0. The average Bonchev–Trinajstić information content (AvgIpc) is 1.56. The summed E-state index contributed by atoms with van der Waals surface area (Å²) in [5.74, 6) is 2.57. The Kier molecular flexibility index (Phi) is 26.0. The van der Waals surface area contributed by atoms with Crippen LogP contribution in [0, 0.1) is 0 Å². The first kappa shape index (κ1) is 76.5. The Labute approximate surface area is 568 Å². The molecular formula is C71H108B4O20. The van der Waals surface area contributed by atoms with Gasteiger partial charge in [-0.2, -0.15) is 0 Å². The molecule has 4 aromatic rings. The first-order valence-corrected chi connectivity index (χ1v) is 33.6. The van der Waals surface area contributed by atoms with Crippen molar-refractivity contribution in [3.8, 4) is 34.1 Å². The van der Waals surface area contributed by atoms with Crippen LogP contribution in [-0.2, 0) is 93.4 Å². The van der Waals surface area contributed by atoms with Gasteiger partial charge in [0.1, 0.15) is 49.4 Å². The van der Waals surface area contributed by atoms with Crippen molar-refractivity contribution in [2.45, 2.75) is 174 Å². The number of ether oxygens (including phenoxy) is 12. The molecule has 4 heterocycles. The van der Waals surface area contributed by atoms with Gasteiger partial charge in [-0.1, -0.05) is 36.4 Å². The summed E-state index contributed by atoms with van der Waals surface area (Å²) in [6.45, 7) is 39.5. The van der Waals surface area contributed by atoms with Gasteiger partial charge in [0.15, 0.2) is 0 Å². The van der Waals surface area contributed by atoms with E-state index in [0.717, 1.165) is 44.3 Å². The maximum atomic E-state index is 6.76. The summed E-state index contributed by atoms with van der Waals surface area (Å²) in [5.41, 5.74) is 3.71. The Balaban J connectivity index is 0.000000551. The third-order valence-electron chi connectivity index (χ3n) is 19.8. The quantitative estimate of drug-likeness (QED) is 0.0313. The van der Waals surface area contributed by atoms with Crippen molar-refractivity contribution in [3.05, 3.63) is 95.1 Å². The van der Waals surface area contributed by atoms with Gasteiger partial charge in [0.25, 0.3) is 0 Å². The fourth-order valence-corrected chi connectivity index (χ4v) is 11.6. The van der Waals surface area contributed by atoms with Crippen LogP contribution in [0.1, 0.15) is 133 Å². The van der Waals surface area contributed by atoms with Gasteiger partial charge >= 0.3 is 28.3 Å². The molecule has 4 saturated heterocycles. The second-order valence-corrected chi connectivity index (χ2v) is 28.9. The molecular weight excluding hydrogens is 1220 g/mol. The number of hydrogen-bond donors (Lipinski definition) is 0. The van der Waals surface area contributed by atoms with Gasteiger partial charge in [-0.25, -0.2) is 0 Å². The number of fused-ring (bicyclic) bond motifs is 3. The lowest BCUT2D eigenvalue weighted by molar-refractivity contribution is 0.00578. The van der Waals surface area contributed by atoms with E-state index in [4.69, 9.17) is 94.1 Å². The maximum Gasteiger partial charge on any atom is 0.494 e. The van der Waals surface area contributed by atoms with E-state index >= 15 is 0 Å². The smallest absolute Gasteiger partial charge is 0.491 e. The van der Waals surface area contributed by atoms with Crippen molar-refractivity contribution in [2.75, 3.05) is 134 Å². The lowest BCUT2D eigenvalue weighted by atomic mass is 9.49. The van der Waals surface area contributed by atoms with Crippen molar-refractivity contribution in [1.29, 1.82) is 0 Å². The second-order valence-electron chi connectivity index (χ2n) is 28.9. The molecule has 5 aliphatic rings. The fraction of sp³-hybridized carbons (Fsp3) is 0.662. The highest BCUT2D eigenvalue weighted by atomic mass is 16.7. The van der Waals surface area contributed by atoms with E-state index in [1.54, 1.807) is 28.4 Å². The van der Waals surface area contributed by atoms with Gasteiger partial charge in [-0.05, 0) is 192 Å². The third-order valence-corrected chi connectivity index (χ3v) is 19.8. The Morgan fingerprint density at radius 2 is 0.526 bits per heavy atom. The highest BCUT2D eigenvalue weighted by Crippen LogP contribution is 2.54. The molecule has 0 bridgehead atoms. The normalized spacial score (nSPS) is 20.2. The molecule has 0 saturated carbocycles. The van der Waals surface area contributed by atoms with Crippen LogP contribution >= 0.6 is 0 Å². The Hall–Kier alpha value is -4.30. The number of methoxy groups -OCH3 is 4. The van der Waals surface area contributed by atoms with Crippen LogP contribution in [-0.4, -0.2) is 207 Å². The van der Waals surface area contributed by atoms with Crippen LogP contribution in [0.25, 0.3) is 11.1 Å². The van der Waals surface area contributed by atoms with E-state index in [0.29, 0.717) is 142 Å². The summed E-state index contributed by atoms with van der Waals surface area (Å²) in [5, 5.41) is 0. The molecule has 4 fully saturated rings. The first-order chi connectivity index (χ1) is 44.8. The minimum Gasteiger partial charge on any atom is -0.491 e. The average molecular weight is 1320 g/mol. The van der Waals surface area contributed by atoms with Crippen LogP contribution in [0.3, 0.4) is 0 Å². The van der Waals surface area contributed by atoms with Crippen LogP contribution in [0.5, 0.6) is 23.0 Å². The van der Waals surface area contributed by atoms with E-state index in [1.807, 2.05) is 67.5 Å². The zero-order valence-corrected chi connectivity index (χ0v) is 60.6. The number of rotatable bonds is 35. The molecule has 20 nitrogen and oxygen atoms in total. The van der Waals surface area contributed by atoms with E-state index in [1.165, 1.54) is 0 Å². The van der Waals surface area contributed by atoms with E-state index < -0.39 is 56.1 Å². The number of hydrogen-bond acceptors (Lipinski definition) is 20. The number of benzene rings is 4. The van der Waals surface area contributed by atoms with Crippen LogP contribution in [0.15, 0.2) is 72.8 Å². The van der Waals surface area contributed by atoms with Gasteiger partial charge in [0.2, 0.25) is 0 Å². The molecule has 0 aromatic heterocycles. The maximum absolute atomic E-state index is 6.76.